The van der Waals surface area contributed by atoms with Gasteiger partial charge in [0.05, 0.1) is 0 Å². The highest BCUT2D eigenvalue weighted by Gasteiger charge is 2.04. The van der Waals surface area contributed by atoms with Gasteiger partial charge in [-0.3, -0.25) is 0 Å². The highest BCUT2D eigenvalue weighted by Crippen LogP contribution is 2.26. The quantitative estimate of drug-likeness (QED) is 0.872. The predicted octanol–water partition coefficient (Wildman–Crippen LogP) is 4.52. The largest absolute Gasteiger partial charge is 0.439 e. The molecule has 0 saturated heterocycles. The summed E-state index contributed by atoms with van der Waals surface area (Å²) >= 11 is 6.08. The molecule has 0 spiro atoms. The van der Waals surface area contributed by atoms with E-state index < -0.39 is 0 Å². The molecular weight excluding hydrogens is 260 g/mol. The number of pyridine rings is 1. The van der Waals surface area contributed by atoms with Crippen LogP contribution in [0.15, 0.2) is 36.4 Å². The van der Waals surface area contributed by atoms with Crippen LogP contribution >= 0.6 is 11.6 Å². The van der Waals surface area contributed by atoms with E-state index in [1.54, 1.807) is 0 Å². The standard InChI is InChI=1S/C15H17ClN2O/c1-3-11-10-12(8-9-13(11)16)19-15-7-5-6-14(18-15)17-4-2/h5-10H,3-4H2,1-2H3,(H,17,18). The van der Waals surface area contributed by atoms with Gasteiger partial charge in [0.15, 0.2) is 0 Å². The number of halogens is 1. The van der Waals surface area contributed by atoms with Crippen LogP contribution in [0.4, 0.5) is 5.82 Å². The first-order valence-corrected chi connectivity index (χ1v) is 6.78. The Kier molecular flexibility index (Phi) is 4.63. The number of hydrogen-bond donors (Lipinski definition) is 1. The second kappa shape index (κ2) is 6.43. The van der Waals surface area contributed by atoms with E-state index in [0.717, 1.165) is 35.1 Å². The molecule has 2 rings (SSSR count). The van der Waals surface area contributed by atoms with Gasteiger partial charge in [-0.05, 0) is 43.2 Å². The van der Waals surface area contributed by atoms with E-state index in [2.05, 4.69) is 17.2 Å². The smallest absolute Gasteiger partial charge is 0.221 e. The molecule has 1 aromatic carbocycles. The molecule has 0 aliphatic carbocycles. The predicted molar refractivity (Wildman–Crippen MR) is 79.3 cm³/mol. The van der Waals surface area contributed by atoms with Gasteiger partial charge >= 0.3 is 0 Å². The first-order chi connectivity index (χ1) is 9.22. The Labute approximate surface area is 118 Å². The minimum atomic E-state index is 0.572. The van der Waals surface area contributed by atoms with Crippen LogP contribution < -0.4 is 10.1 Å². The zero-order valence-corrected chi connectivity index (χ0v) is 11.9. The molecule has 3 nitrogen and oxygen atoms in total. The Morgan fingerprint density at radius 3 is 2.79 bits per heavy atom. The second-order valence-electron chi connectivity index (χ2n) is 4.10. The molecule has 0 aliphatic rings. The number of nitrogens with one attached hydrogen (secondary N) is 1. The van der Waals surface area contributed by atoms with E-state index >= 15 is 0 Å². The maximum atomic E-state index is 6.08. The summed E-state index contributed by atoms with van der Waals surface area (Å²) in [6.45, 7) is 4.92. The molecule has 19 heavy (non-hydrogen) atoms. The Morgan fingerprint density at radius 1 is 1.21 bits per heavy atom. The highest BCUT2D eigenvalue weighted by molar-refractivity contribution is 6.31. The number of ether oxygens (including phenoxy) is 1. The van der Waals surface area contributed by atoms with E-state index in [9.17, 15) is 0 Å². The molecule has 0 amide bonds. The van der Waals surface area contributed by atoms with E-state index in [0.29, 0.717) is 5.88 Å². The summed E-state index contributed by atoms with van der Waals surface area (Å²) in [6, 6.07) is 11.3. The van der Waals surface area contributed by atoms with Gasteiger partial charge in [0.1, 0.15) is 11.6 Å². The summed E-state index contributed by atoms with van der Waals surface area (Å²) < 4.78 is 5.75. The van der Waals surface area contributed by atoms with Crippen molar-refractivity contribution in [3.8, 4) is 11.6 Å². The molecule has 0 fully saturated rings. The highest BCUT2D eigenvalue weighted by atomic mass is 35.5. The van der Waals surface area contributed by atoms with Gasteiger partial charge in [-0.25, -0.2) is 0 Å². The lowest BCUT2D eigenvalue weighted by Gasteiger charge is -2.09. The number of aromatic nitrogens is 1. The topological polar surface area (TPSA) is 34.1 Å². The van der Waals surface area contributed by atoms with Crippen LogP contribution in [0.25, 0.3) is 0 Å². The monoisotopic (exact) mass is 276 g/mol. The Hall–Kier alpha value is -1.74. The molecule has 0 unspecified atom stereocenters. The number of aryl methyl sites for hydroxylation is 1. The van der Waals surface area contributed by atoms with Crippen LogP contribution in [-0.2, 0) is 6.42 Å². The number of hydrogen-bond acceptors (Lipinski definition) is 3. The molecule has 0 saturated carbocycles. The normalized spacial score (nSPS) is 10.3. The van der Waals surface area contributed by atoms with Crippen molar-refractivity contribution >= 4 is 17.4 Å². The third-order valence-electron chi connectivity index (χ3n) is 2.70. The van der Waals surface area contributed by atoms with Crippen molar-refractivity contribution in [2.24, 2.45) is 0 Å². The van der Waals surface area contributed by atoms with Gasteiger partial charge in [0, 0.05) is 17.6 Å². The molecule has 1 heterocycles. The molecule has 2 aromatic rings. The molecule has 4 heteroatoms. The first-order valence-electron chi connectivity index (χ1n) is 6.40. The molecule has 0 radical (unpaired) electrons. The molecule has 0 bridgehead atoms. The van der Waals surface area contributed by atoms with Crippen molar-refractivity contribution in [2.45, 2.75) is 20.3 Å². The van der Waals surface area contributed by atoms with Crippen LogP contribution in [0, 0.1) is 0 Å². The summed E-state index contributed by atoms with van der Waals surface area (Å²) in [5, 5.41) is 3.92. The fraction of sp³-hybridized carbons (Fsp3) is 0.267. The summed E-state index contributed by atoms with van der Waals surface area (Å²) in [5.41, 5.74) is 1.07. The molecule has 0 aliphatic heterocycles. The van der Waals surface area contributed by atoms with Crippen molar-refractivity contribution in [1.82, 2.24) is 4.98 Å². The van der Waals surface area contributed by atoms with Crippen LogP contribution in [0.1, 0.15) is 19.4 Å². The molecular formula is C15H17ClN2O. The minimum Gasteiger partial charge on any atom is -0.439 e. The number of anilines is 1. The lowest BCUT2D eigenvalue weighted by Crippen LogP contribution is -1.99. The van der Waals surface area contributed by atoms with Gasteiger partial charge in [-0.15, -0.1) is 0 Å². The van der Waals surface area contributed by atoms with Crippen molar-refractivity contribution in [1.29, 1.82) is 0 Å². The van der Waals surface area contributed by atoms with Crippen molar-refractivity contribution in [3.63, 3.8) is 0 Å². The van der Waals surface area contributed by atoms with Gasteiger partial charge in [0.2, 0.25) is 5.88 Å². The van der Waals surface area contributed by atoms with E-state index in [-0.39, 0.29) is 0 Å². The average molecular weight is 277 g/mol. The number of rotatable bonds is 5. The molecule has 1 aromatic heterocycles. The van der Waals surface area contributed by atoms with Crippen LogP contribution in [0.2, 0.25) is 5.02 Å². The SMILES string of the molecule is CCNc1cccc(Oc2ccc(Cl)c(CC)c2)n1. The van der Waals surface area contributed by atoms with Crippen LogP contribution in [0.5, 0.6) is 11.6 Å². The molecule has 0 atom stereocenters. The van der Waals surface area contributed by atoms with Gasteiger partial charge in [-0.2, -0.15) is 4.98 Å². The van der Waals surface area contributed by atoms with Crippen molar-refractivity contribution in [2.75, 3.05) is 11.9 Å². The van der Waals surface area contributed by atoms with Crippen LogP contribution in [0.3, 0.4) is 0 Å². The maximum Gasteiger partial charge on any atom is 0.221 e. The van der Waals surface area contributed by atoms with Crippen LogP contribution in [-0.4, -0.2) is 11.5 Å². The average Bonchev–Trinajstić information content (AvgIpc) is 2.42. The van der Waals surface area contributed by atoms with Gasteiger partial charge in [0.25, 0.3) is 0 Å². The summed E-state index contributed by atoms with van der Waals surface area (Å²) in [5.74, 6) is 2.13. The zero-order valence-electron chi connectivity index (χ0n) is 11.1. The maximum absolute atomic E-state index is 6.08. The lowest BCUT2D eigenvalue weighted by molar-refractivity contribution is 0.463. The van der Waals surface area contributed by atoms with E-state index in [4.69, 9.17) is 16.3 Å². The Morgan fingerprint density at radius 2 is 2.05 bits per heavy atom. The summed E-state index contributed by atoms with van der Waals surface area (Å²) in [7, 11) is 0. The third-order valence-corrected chi connectivity index (χ3v) is 3.07. The third kappa shape index (κ3) is 3.61. The first kappa shape index (κ1) is 13.7. The van der Waals surface area contributed by atoms with Gasteiger partial charge < -0.3 is 10.1 Å². The van der Waals surface area contributed by atoms with E-state index in [1.165, 1.54) is 0 Å². The lowest BCUT2D eigenvalue weighted by atomic mass is 10.1. The van der Waals surface area contributed by atoms with Crippen molar-refractivity contribution in [3.05, 3.63) is 47.0 Å². The molecule has 100 valence electrons. The summed E-state index contributed by atoms with van der Waals surface area (Å²) in [6.07, 6.45) is 0.876. The zero-order chi connectivity index (χ0) is 13.7. The minimum absolute atomic E-state index is 0.572. The fourth-order valence-electron chi connectivity index (χ4n) is 1.76. The van der Waals surface area contributed by atoms with Crippen molar-refractivity contribution < 1.29 is 4.74 Å². The van der Waals surface area contributed by atoms with Gasteiger partial charge in [-0.1, -0.05) is 24.6 Å². The number of nitrogens with zero attached hydrogens (tertiary/aromatic N) is 1. The second-order valence-corrected chi connectivity index (χ2v) is 4.51. The fourth-order valence-corrected chi connectivity index (χ4v) is 2.01. The Bertz CT molecular complexity index is 558. The summed E-state index contributed by atoms with van der Waals surface area (Å²) in [4.78, 5) is 4.37. The Balaban J connectivity index is 2.18. The van der Waals surface area contributed by atoms with E-state index in [1.807, 2.05) is 43.3 Å². The number of benzene rings is 1. The molecule has 1 N–H and O–H groups in total.